The lowest BCUT2D eigenvalue weighted by molar-refractivity contribution is 0.473. The summed E-state index contributed by atoms with van der Waals surface area (Å²) < 4.78 is 5.97. The Morgan fingerprint density at radius 3 is 2.68 bits per heavy atom. The average molecular weight is 254 g/mol. The maximum atomic E-state index is 5.97. The van der Waals surface area contributed by atoms with E-state index in [4.69, 9.17) is 4.74 Å². The van der Waals surface area contributed by atoms with Crippen molar-refractivity contribution in [1.82, 2.24) is 10.2 Å². The van der Waals surface area contributed by atoms with Crippen LogP contribution in [0.25, 0.3) is 0 Å². The molecule has 98 valence electrons. The SMILES string of the molecule is CC(C)(C)c1ccc2c(c1)CCc1nnccc1O2. The summed E-state index contributed by atoms with van der Waals surface area (Å²) in [5, 5.41) is 8.09. The number of hydrogen-bond donors (Lipinski definition) is 0. The number of fused-ring (bicyclic) bond motifs is 2. The van der Waals surface area contributed by atoms with Crippen LogP contribution in [-0.2, 0) is 18.3 Å². The lowest BCUT2D eigenvalue weighted by Gasteiger charge is -2.20. The van der Waals surface area contributed by atoms with Crippen molar-refractivity contribution in [2.24, 2.45) is 0 Å². The number of ether oxygens (including phenoxy) is 1. The number of hydrogen-bond acceptors (Lipinski definition) is 3. The molecule has 0 amide bonds. The largest absolute Gasteiger partial charge is 0.455 e. The van der Waals surface area contributed by atoms with Crippen molar-refractivity contribution in [1.29, 1.82) is 0 Å². The van der Waals surface area contributed by atoms with Crippen LogP contribution in [0.2, 0.25) is 0 Å². The van der Waals surface area contributed by atoms with E-state index in [2.05, 4.69) is 49.2 Å². The molecule has 19 heavy (non-hydrogen) atoms. The summed E-state index contributed by atoms with van der Waals surface area (Å²) in [6, 6.07) is 8.37. The van der Waals surface area contributed by atoms with Crippen LogP contribution >= 0.6 is 0 Å². The highest BCUT2D eigenvalue weighted by Crippen LogP contribution is 2.35. The van der Waals surface area contributed by atoms with Gasteiger partial charge in [-0.25, -0.2) is 0 Å². The number of benzene rings is 1. The predicted octanol–water partition coefficient (Wildman–Crippen LogP) is 3.67. The number of aromatic nitrogens is 2. The fourth-order valence-corrected chi connectivity index (χ4v) is 2.33. The van der Waals surface area contributed by atoms with Crippen molar-refractivity contribution in [3.63, 3.8) is 0 Å². The van der Waals surface area contributed by atoms with Gasteiger partial charge in [0.05, 0.1) is 6.20 Å². The summed E-state index contributed by atoms with van der Waals surface area (Å²) in [5.41, 5.74) is 3.70. The Kier molecular flexibility index (Phi) is 2.77. The second-order valence-corrected chi connectivity index (χ2v) is 6.02. The van der Waals surface area contributed by atoms with Crippen molar-refractivity contribution in [3.05, 3.63) is 47.3 Å². The van der Waals surface area contributed by atoms with E-state index in [9.17, 15) is 0 Å². The molecule has 1 aliphatic rings. The highest BCUT2D eigenvalue weighted by Gasteiger charge is 2.19. The normalized spacial score (nSPS) is 14.1. The zero-order valence-electron chi connectivity index (χ0n) is 11.6. The van der Waals surface area contributed by atoms with Gasteiger partial charge in [0.25, 0.3) is 0 Å². The zero-order chi connectivity index (χ0) is 13.5. The topological polar surface area (TPSA) is 35.0 Å². The Morgan fingerprint density at radius 2 is 1.89 bits per heavy atom. The second-order valence-electron chi connectivity index (χ2n) is 6.02. The van der Waals surface area contributed by atoms with E-state index in [1.807, 2.05) is 6.07 Å². The van der Waals surface area contributed by atoms with E-state index >= 15 is 0 Å². The van der Waals surface area contributed by atoms with E-state index in [0.29, 0.717) is 0 Å². The molecule has 0 N–H and O–H groups in total. The summed E-state index contributed by atoms with van der Waals surface area (Å²) >= 11 is 0. The van der Waals surface area contributed by atoms with Gasteiger partial charge in [0.1, 0.15) is 11.4 Å². The molecule has 3 rings (SSSR count). The van der Waals surface area contributed by atoms with Crippen molar-refractivity contribution in [2.45, 2.75) is 39.0 Å². The third kappa shape index (κ3) is 2.33. The van der Waals surface area contributed by atoms with Crippen LogP contribution in [-0.4, -0.2) is 10.2 Å². The van der Waals surface area contributed by atoms with Crippen LogP contribution in [0.1, 0.15) is 37.6 Å². The van der Waals surface area contributed by atoms with Gasteiger partial charge in [-0.1, -0.05) is 32.9 Å². The van der Waals surface area contributed by atoms with Crippen molar-refractivity contribution >= 4 is 0 Å². The van der Waals surface area contributed by atoms with Crippen LogP contribution < -0.4 is 4.74 Å². The van der Waals surface area contributed by atoms with Gasteiger partial charge in [-0.2, -0.15) is 10.2 Å². The molecule has 0 bridgehead atoms. The first-order valence-corrected chi connectivity index (χ1v) is 6.66. The first-order valence-electron chi connectivity index (χ1n) is 6.66. The highest BCUT2D eigenvalue weighted by atomic mass is 16.5. The molecule has 3 nitrogen and oxygen atoms in total. The Labute approximate surface area is 113 Å². The number of aryl methyl sites for hydroxylation is 2. The smallest absolute Gasteiger partial charge is 0.152 e. The van der Waals surface area contributed by atoms with Gasteiger partial charge in [0, 0.05) is 6.07 Å². The monoisotopic (exact) mass is 254 g/mol. The van der Waals surface area contributed by atoms with Crippen LogP contribution in [0.15, 0.2) is 30.5 Å². The van der Waals surface area contributed by atoms with Gasteiger partial charge in [0.15, 0.2) is 5.75 Å². The molecule has 3 heteroatoms. The first kappa shape index (κ1) is 12.2. The molecule has 0 spiro atoms. The van der Waals surface area contributed by atoms with Gasteiger partial charge in [-0.05, 0) is 35.4 Å². The van der Waals surface area contributed by atoms with Crippen LogP contribution in [0.4, 0.5) is 0 Å². The van der Waals surface area contributed by atoms with E-state index < -0.39 is 0 Å². The van der Waals surface area contributed by atoms with Crippen LogP contribution in [0.5, 0.6) is 11.5 Å². The molecule has 0 radical (unpaired) electrons. The lowest BCUT2D eigenvalue weighted by atomic mass is 9.85. The molecule has 0 atom stereocenters. The van der Waals surface area contributed by atoms with Crippen molar-refractivity contribution in [3.8, 4) is 11.5 Å². The molecule has 0 fully saturated rings. The standard InChI is InChI=1S/C16H18N2O/c1-16(2,3)12-5-7-14-11(10-12)4-6-13-15(19-14)8-9-17-18-13/h5,7-10H,4,6H2,1-3H3. The van der Waals surface area contributed by atoms with Crippen LogP contribution in [0, 0.1) is 0 Å². The second kappa shape index (κ2) is 4.34. The molecule has 0 saturated carbocycles. The summed E-state index contributed by atoms with van der Waals surface area (Å²) in [4.78, 5) is 0. The molecular formula is C16H18N2O. The summed E-state index contributed by atoms with van der Waals surface area (Å²) in [5.74, 6) is 1.78. The van der Waals surface area contributed by atoms with Gasteiger partial charge < -0.3 is 4.74 Å². The van der Waals surface area contributed by atoms with Gasteiger partial charge in [-0.15, -0.1) is 0 Å². The summed E-state index contributed by atoms with van der Waals surface area (Å²) in [7, 11) is 0. The van der Waals surface area contributed by atoms with Crippen molar-refractivity contribution < 1.29 is 4.74 Å². The quantitative estimate of drug-likeness (QED) is 0.719. The lowest BCUT2D eigenvalue weighted by Crippen LogP contribution is -2.11. The van der Waals surface area contributed by atoms with Crippen LogP contribution in [0.3, 0.4) is 0 Å². The molecule has 0 saturated heterocycles. The fraction of sp³-hybridized carbons (Fsp3) is 0.375. The third-order valence-electron chi connectivity index (χ3n) is 3.53. The Hall–Kier alpha value is -1.90. The molecule has 0 aliphatic carbocycles. The van der Waals surface area contributed by atoms with E-state index in [1.165, 1.54) is 11.1 Å². The fourth-order valence-electron chi connectivity index (χ4n) is 2.33. The van der Waals surface area contributed by atoms with Crippen molar-refractivity contribution in [2.75, 3.05) is 0 Å². The Balaban J connectivity index is 2.02. The average Bonchev–Trinajstić information content (AvgIpc) is 2.55. The van der Waals surface area contributed by atoms with Gasteiger partial charge >= 0.3 is 0 Å². The van der Waals surface area contributed by atoms with E-state index in [1.54, 1.807) is 6.20 Å². The molecule has 1 aromatic heterocycles. The van der Waals surface area contributed by atoms with Gasteiger partial charge in [-0.3, -0.25) is 0 Å². The Bertz CT molecular complexity index is 614. The molecule has 2 aromatic rings. The first-order chi connectivity index (χ1) is 9.04. The predicted molar refractivity (Wildman–Crippen MR) is 74.7 cm³/mol. The number of nitrogens with zero attached hydrogens (tertiary/aromatic N) is 2. The van der Waals surface area contributed by atoms with Gasteiger partial charge in [0.2, 0.25) is 0 Å². The number of rotatable bonds is 0. The minimum atomic E-state index is 0.161. The molecular weight excluding hydrogens is 236 g/mol. The Morgan fingerprint density at radius 1 is 1.05 bits per heavy atom. The maximum Gasteiger partial charge on any atom is 0.152 e. The summed E-state index contributed by atoms with van der Waals surface area (Å²) in [6.45, 7) is 6.69. The zero-order valence-corrected chi connectivity index (χ0v) is 11.6. The van der Waals surface area contributed by atoms with E-state index in [-0.39, 0.29) is 5.41 Å². The summed E-state index contributed by atoms with van der Waals surface area (Å²) in [6.07, 6.45) is 3.50. The molecule has 2 heterocycles. The van der Waals surface area contributed by atoms with E-state index in [0.717, 1.165) is 30.0 Å². The third-order valence-corrected chi connectivity index (χ3v) is 3.53. The maximum absolute atomic E-state index is 5.97. The highest BCUT2D eigenvalue weighted by molar-refractivity contribution is 5.45. The molecule has 1 aromatic carbocycles. The minimum Gasteiger partial charge on any atom is -0.455 e. The molecule has 1 aliphatic heterocycles. The minimum absolute atomic E-state index is 0.161. The molecule has 0 unspecified atom stereocenters.